The van der Waals surface area contributed by atoms with E-state index in [4.69, 9.17) is 9.63 Å². The van der Waals surface area contributed by atoms with Crippen LogP contribution in [0.4, 0.5) is 0 Å². The molecule has 0 atom stereocenters. The average molecular weight is 264 g/mol. The van der Waals surface area contributed by atoms with Crippen LogP contribution in [0, 0.1) is 0 Å². The van der Waals surface area contributed by atoms with Gasteiger partial charge in [-0.1, -0.05) is 11.6 Å². The van der Waals surface area contributed by atoms with Crippen LogP contribution in [0.5, 0.6) is 0 Å². The summed E-state index contributed by atoms with van der Waals surface area (Å²) in [6, 6.07) is 0. The van der Waals surface area contributed by atoms with Crippen LogP contribution in [0.2, 0.25) is 0 Å². The first-order chi connectivity index (χ1) is 9.12. The fraction of sp³-hybridized carbons (Fsp3) is 0.615. The van der Waals surface area contributed by atoms with E-state index in [1.165, 1.54) is 0 Å². The molecule has 2 N–H and O–H groups in total. The molecule has 1 aromatic heterocycles. The predicted molar refractivity (Wildman–Crippen MR) is 64.8 cm³/mol. The van der Waals surface area contributed by atoms with Crippen LogP contribution in [0.15, 0.2) is 4.52 Å². The molecule has 0 spiro atoms. The Hall–Kier alpha value is -1.85. The minimum Gasteiger partial charge on any atom is -0.480 e. The van der Waals surface area contributed by atoms with Crippen LogP contribution < -0.4 is 5.32 Å². The Balaban J connectivity index is 1.81. The van der Waals surface area contributed by atoms with Gasteiger partial charge in [-0.25, -0.2) is 4.79 Å². The van der Waals surface area contributed by atoms with Crippen LogP contribution in [0.25, 0.3) is 0 Å². The largest absolute Gasteiger partial charge is 0.480 e. The number of hydrogen-bond acceptors (Lipinski definition) is 4. The second-order valence-corrected chi connectivity index (χ2v) is 5.33. The van der Waals surface area contributed by atoms with Gasteiger partial charge in [-0.2, -0.15) is 0 Å². The molecule has 102 valence electrons. The van der Waals surface area contributed by atoms with Crippen molar-refractivity contribution in [3.05, 3.63) is 17.0 Å². The van der Waals surface area contributed by atoms with E-state index in [9.17, 15) is 9.59 Å². The number of hydrogen-bond donors (Lipinski definition) is 2. The van der Waals surface area contributed by atoms with Crippen LogP contribution in [0.3, 0.4) is 0 Å². The van der Waals surface area contributed by atoms with Gasteiger partial charge < -0.3 is 14.9 Å². The molecule has 6 nitrogen and oxygen atoms in total. The van der Waals surface area contributed by atoms with Crippen molar-refractivity contribution in [2.75, 3.05) is 0 Å². The average Bonchev–Trinajstić information content (AvgIpc) is 3.10. The molecular weight excluding hydrogens is 248 g/mol. The first kappa shape index (κ1) is 12.2. The van der Waals surface area contributed by atoms with Gasteiger partial charge in [0.25, 0.3) is 5.91 Å². The Morgan fingerprint density at radius 2 is 1.95 bits per heavy atom. The second-order valence-electron chi connectivity index (χ2n) is 5.33. The highest BCUT2D eigenvalue weighted by molar-refractivity contribution is 5.98. The SMILES string of the molecule is O=C(NC1(C(=O)O)CC1)c1noc2c1CCCCC2. The highest BCUT2D eigenvalue weighted by atomic mass is 16.5. The fourth-order valence-corrected chi connectivity index (χ4v) is 2.53. The molecule has 0 unspecified atom stereocenters. The molecule has 0 saturated heterocycles. The third-order valence-corrected chi connectivity index (χ3v) is 3.93. The van der Waals surface area contributed by atoms with E-state index >= 15 is 0 Å². The fourth-order valence-electron chi connectivity index (χ4n) is 2.53. The molecular formula is C13H16N2O4. The van der Waals surface area contributed by atoms with E-state index in [0.29, 0.717) is 12.8 Å². The van der Waals surface area contributed by atoms with E-state index in [1.807, 2.05) is 0 Å². The summed E-state index contributed by atoms with van der Waals surface area (Å²) in [5.74, 6) is -0.620. The lowest BCUT2D eigenvalue weighted by molar-refractivity contribution is -0.140. The Bertz CT molecular complexity index is 531. The van der Waals surface area contributed by atoms with Gasteiger partial charge >= 0.3 is 5.97 Å². The molecule has 0 radical (unpaired) electrons. The van der Waals surface area contributed by atoms with Gasteiger partial charge in [0.15, 0.2) is 5.69 Å². The number of fused-ring (bicyclic) bond motifs is 1. The Morgan fingerprint density at radius 1 is 1.21 bits per heavy atom. The molecule has 1 saturated carbocycles. The first-order valence-corrected chi connectivity index (χ1v) is 6.66. The van der Waals surface area contributed by atoms with Crippen molar-refractivity contribution in [1.29, 1.82) is 0 Å². The van der Waals surface area contributed by atoms with E-state index in [-0.39, 0.29) is 5.69 Å². The van der Waals surface area contributed by atoms with Gasteiger partial charge in [0.05, 0.1) is 0 Å². The Labute approximate surface area is 110 Å². The maximum absolute atomic E-state index is 12.2. The van der Waals surface area contributed by atoms with Crippen molar-refractivity contribution in [2.45, 2.75) is 50.5 Å². The first-order valence-electron chi connectivity index (χ1n) is 6.66. The molecule has 19 heavy (non-hydrogen) atoms. The van der Waals surface area contributed by atoms with Crippen molar-refractivity contribution >= 4 is 11.9 Å². The van der Waals surface area contributed by atoms with Crippen LogP contribution >= 0.6 is 0 Å². The van der Waals surface area contributed by atoms with Crippen LogP contribution in [0.1, 0.15) is 53.9 Å². The molecule has 1 heterocycles. The molecule has 3 rings (SSSR count). The maximum atomic E-state index is 12.2. The quantitative estimate of drug-likeness (QED) is 0.802. The van der Waals surface area contributed by atoms with Crippen molar-refractivity contribution in [3.63, 3.8) is 0 Å². The number of aryl methyl sites for hydroxylation is 1. The summed E-state index contributed by atoms with van der Waals surface area (Å²) in [5, 5.41) is 15.5. The lowest BCUT2D eigenvalue weighted by Gasteiger charge is -2.11. The number of aliphatic carboxylic acids is 1. The van der Waals surface area contributed by atoms with Gasteiger partial charge in [-0.05, 0) is 32.1 Å². The third-order valence-electron chi connectivity index (χ3n) is 3.93. The Kier molecular flexibility index (Phi) is 2.80. The highest BCUT2D eigenvalue weighted by Crippen LogP contribution is 2.36. The monoisotopic (exact) mass is 264 g/mol. The number of amides is 1. The predicted octanol–water partition coefficient (Wildman–Crippen LogP) is 1.29. The van der Waals surface area contributed by atoms with E-state index in [2.05, 4.69) is 10.5 Å². The molecule has 1 fully saturated rings. The highest BCUT2D eigenvalue weighted by Gasteiger charge is 2.52. The third kappa shape index (κ3) is 2.11. The number of carbonyl (C=O) groups is 2. The Morgan fingerprint density at radius 3 is 2.63 bits per heavy atom. The number of carboxylic acid groups (broad SMARTS) is 1. The van der Waals surface area contributed by atoms with E-state index in [1.54, 1.807) is 0 Å². The van der Waals surface area contributed by atoms with Gasteiger partial charge in [0.2, 0.25) is 0 Å². The van der Waals surface area contributed by atoms with E-state index in [0.717, 1.165) is 43.4 Å². The zero-order chi connectivity index (χ0) is 13.5. The molecule has 6 heteroatoms. The van der Waals surface area contributed by atoms with Gasteiger partial charge in [-0.15, -0.1) is 0 Å². The van der Waals surface area contributed by atoms with Crippen molar-refractivity contribution < 1.29 is 19.2 Å². The molecule has 1 amide bonds. The number of nitrogens with zero attached hydrogens (tertiary/aromatic N) is 1. The van der Waals surface area contributed by atoms with Crippen molar-refractivity contribution in [2.24, 2.45) is 0 Å². The smallest absolute Gasteiger partial charge is 0.329 e. The second kappa shape index (κ2) is 4.36. The number of carboxylic acids is 1. The molecule has 0 aromatic carbocycles. The summed E-state index contributed by atoms with van der Waals surface area (Å²) < 4.78 is 5.23. The topological polar surface area (TPSA) is 92.4 Å². The minimum absolute atomic E-state index is 0.268. The summed E-state index contributed by atoms with van der Waals surface area (Å²) in [6.45, 7) is 0. The van der Waals surface area contributed by atoms with Gasteiger partial charge in [0, 0.05) is 12.0 Å². The summed E-state index contributed by atoms with van der Waals surface area (Å²) in [6.07, 6.45) is 5.72. The summed E-state index contributed by atoms with van der Waals surface area (Å²) >= 11 is 0. The van der Waals surface area contributed by atoms with Crippen molar-refractivity contribution in [3.8, 4) is 0 Å². The minimum atomic E-state index is -1.08. The number of rotatable bonds is 3. The summed E-state index contributed by atoms with van der Waals surface area (Å²) in [7, 11) is 0. The molecule has 0 aliphatic heterocycles. The zero-order valence-electron chi connectivity index (χ0n) is 10.6. The maximum Gasteiger partial charge on any atom is 0.329 e. The van der Waals surface area contributed by atoms with Gasteiger partial charge in [0.1, 0.15) is 11.3 Å². The lowest BCUT2D eigenvalue weighted by Crippen LogP contribution is -2.43. The lowest BCUT2D eigenvalue weighted by atomic mass is 10.1. The summed E-state index contributed by atoms with van der Waals surface area (Å²) in [5.41, 5.74) is 0.0498. The van der Waals surface area contributed by atoms with Crippen LogP contribution in [-0.2, 0) is 17.6 Å². The molecule has 1 aromatic rings. The van der Waals surface area contributed by atoms with Gasteiger partial charge in [-0.3, -0.25) is 4.79 Å². The zero-order valence-corrected chi connectivity index (χ0v) is 10.6. The number of aromatic nitrogens is 1. The molecule has 0 bridgehead atoms. The van der Waals surface area contributed by atoms with E-state index < -0.39 is 17.4 Å². The standard InChI is InChI=1S/C13H16N2O4/c16-11(14-13(6-7-13)12(17)18)10-8-4-2-1-3-5-9(8)19-15-10/h1-7H2,(H,14,16)(H,17,18). The summed E-state index contributed by atoms with van der Waals surface area (Å²) in [4.78, 5) is 23.2. The normalized spacial score (nSPS) is 20.2. The molecule has 2 aliphatic carbocycles. The van der Waals surface area contributed by atoms with Crippen molar-refractivity contribution in [1.82, 2.24) is 10.5 Å². The number of carbonyl (C=O) groups excluding carboxylic acids is 1. The number of nitrogens with one attached hydrogen (secondary N) is 1. The van der Waals surface area contributed by atoms with Crippen LogP contribution in [-0.4, -0.2) is 27.7 Å². The molecule has 2 aliphatic rings.